The molecule has 0 amide bonds. The first-order valence-corrected chi connectivity index (χ1v) is 8.67. The van der Waals surface area contributed by atoms with Crippen molar-refractivity contribution >= 4 is 22.8 Å². The van der Waals surface area contributed by atoms with Gasteiger partial charge < -0.3 is 24.6 Å². The first-order valence-electron chi connectivity index (χ1n) is 8.67. The molecule has 4 heterocycles. The van der Waals surface area contributed by atoms with Gasteiger partial charge in [-0.25, -0.2) is 19.9 Å². The molecule has 2 saturated heterocycles. The summed E-state index contributed by atoms with van der Waals surface area (Å²) in [7, 11) is 0. The highest BCUT2D eigenvalue weighted by Gasteiger charge is 2.35. The fourth-order valence-corrected chi connectivity index (χ4v) is 3.29. The molecular formula is C16H22N6O4. The second-order valence-electron chi connectivity index (χ2n) is 6.39. The molecule has 2 aromatic heterocycles. The van der Waals surface area contributed by atoms with Crippen molar-refractivity contribution in [3.63, 3.8) is 0 Å². The number of hydrogen-bond donors (Lipinski definition) is 2. The van der Waals surface area contributed by atoms with Crippen molar-refractivity contribution in [2.45, 2.75) is 31.8 Å². The van der Waals surface area contributed by atoms with Crippen LogP contribution in [0.15, 0.2) is 17.6 Å². The Morgan fingerprint density at radius 2 is 2.12 bits per heavy atom. The topological polar surface area (TPSA) is 118 Å². The molecule has 0 unspecified atom stereocenters. The third-order valence-corrected chi connectivity index (χ3v) is 4.77. The number of hydrogen-bond acceptors (Lipinski definition) is 8. The molecule has 2 aliphatic heterocycles. The van der Waals surface area contributed by atoms with Crippen LogP contribution in [0.5, 0.6) is 0 Å². The van der Waals surface area contributed by atoms with E-state index in [-0.39, 0.29) is 6.61 Å². The molecule has 10 nitrogen and oxygen atoms in total. The van der Waals surface area contributed by atoms with E-state index in [0.717, 1.165) is 18.9 Å². The number of aliphatic hydroxyl groups is 2. The first-order chi connectivity index (χ1) is 12.7. The predicted molar refractivity (Wildman–Crippen MR) is 92.1 cm³/mol. The highest BCUT2D eigenvalue weighted by atomic mass is 16.5. The monoisotopic (exact) mass is 362 g/mol. The second kappa shape index (κ2) is 7.23. The SMILES string of the molecule is CC(=Nc1ncnc2c1ncn2[C@H]1C[C@H](O)[C@@H](CO)O1)N1CCOCC1. The standard InChI is InChI=1S/C16H22N6O4/c1-10(21-2-4-25-5-3-21)20-15-14-16(18-8-17-15)22(9-19-14)13-6-11(24)12(7-23)26-13/h8-9,11-13,23-24H,2-7H2,1H3/t11-,12+,13+/m0/s1. The number of aliphatic imine (C=N–C) groups is 1. The van der Waals surface area contributed by atoms with Crippen molar-refractivity contribution in [1.29, 1.82) is 0 Å². The van der Waals surface area contributed by atoms with E-state index in [1.54, 1.807) is 10.9 Å². The normalized spacial score (nSPS) is 27.4. The van der Waals surface area contributed by atoms with E-state index in [0.29, 0.717) is 36.6 Å². The molecule has 2 aromatic rings. The lowest BCUT2D eigenvalue weighted by Crippen LogP contribution is -2.39. The predicted octanol–water partition coefficient (Wildman–Crippen LogP) is -0.151. The van der Waals surface area contributed by atoms with Crippen LogP contribution in [0.25, 0.3) is 11.2 Å². The molecule has 0 radical (unpaired) electrons. The number of fused-ring (bicyclic) bond motifs is 1. The zero-order chi connectivity index (χ0) is 18.1. The molecule has 4 rings (SSSR count). The summed E-state index contributed by atoms with van der Waals surface area (Å²) in [5, 5.41) is 19.2. The van der Waals surface area contributed by atoms with Crippen molar-refractivity contribution in [3.05, 3.63) is 12.7 Å². The van der Waals surface area contributed by atoms with E-state index < -0.39 is 18.4 Å². The molecule has 2 N–H and O–H groups in total. The van der Waals surface area contributed by atoms with Crippen molar-refractivity contribution < 1.29 is 19.7 Å². The van der Waals surface area contributed by atoms with Gasteiger partial charge in [0.1, 0.15) is 24.5 Å². The molecular weight excluding hydrogens is 340 g/mol. The number of amidine groups is 1. The van der Waals surface area contributed by atoms with Crippen LogP contribution < -0.4 is 0 Å². The first kappa shape index (κ1) is 17.3. The lowest BCUT2D eigenvalue weighted by atomic mass is 10.2. The Bertz CT molecular complexity index is 803. The maximum Gasteiger partial charge on any atom is 0.185 e. The zero-order valence-corrected chi connectivity index (χ0v) is 14.5. The average molecular weight is 362 g/mol. The molecule has 2 fully saturated rings. The lowest BCUT2D eigenvalue weighted by molar-refractivity contribution is -0.0432. The van der Waals surface area contributed by atoms with Gasteiger partial charge in [-0.3, -0.25) is 4.57 Å². The number of aromatic nitrogens is 4. The summed E-state index contributed by atoms with van der Waals surface area (Å²) in [6.07, 6.45) is 1.68. The van der Waals surface area contributed by atoms with Gasteiger partial charge in [-0.2, -0.15) is 0 Å². The molecule has 0 saturated carbocycles. The van der Waals surface area contributed by atoms with Crippen LogP contribution in [0.1, 0.15) is 19.6 Å². The number of ether oxygens (including phenoxy) is 2. The summed E-state index contributed by atoms with van der Waals surface area (Å²) in [5.74, 6) is 1.35. The fraction of sp³-hybridized carbons (Fsp3) is 0.625. The Hall–Kier alpha value is -2.14. The Morgan fingerprint density at radius 1 is 1.31 bits per heavy atom. The second-order valence-corrected chi connectivity index (χ2v) is 6.39. The Labute approximate surface area is 150 Å². The summed E-state index contributed by atoms with van der Waals surface area (Å²) in [5.41, 5.74) is 1.16. The van der Waals surface area contributed by atoms with Gasteiger partial charge in [0.2, 0.25) is 0 Å². The molecule has 3 atom stereocenters. The Morgan fingerprint density at radius 3 is 2.85 bits per heavy atom. The van der Waals surface area contributed by atoms with Gasteiger partial charge in [0.25, 0.3) is 0 Å². The van der Waals surface area contributed by atoms with Crippen molar-refractivity contribution in [1.82, 2.24) is 24.4 Å². The molecule has 0 aliphatic carbocycles. The van der Waals surface area contributed by atoms with Gasteiger partial charge in [0.15, 0.2) is 17.0 Å². The average Bonchev–Trinajstić information content (AvgIpc) is 3.26. The molecule has 10 heteroatoms. The third-order valence-electron chi connectivity index (χ3n) is 4.77. The van der Waals surface area contributed by atoms with Gasteiger partial charge in [-0.05, 0) is 6.92 Å². The lowest BCUT2D eigenvalue weighted by Gasteiger charge is -2.28. The van der Waals surface area contributed by atoms with E-state index in [1.807, 2.05) is 6.92 Å². The smallest absolute Gasteiger partial charge is 0.185 e. The van der Waals surface area contributed by atoms with Gasteiger partial charge in [-0.1, -0.05) is 0 Å². The molecule has 26 heavy (non-hydrogen) atoms. The van der Waals surface area contributed by atoms with Crippen molar-refractivity contribution in [2.75, 3.05) is 32.9 Å². The Kier molecular flexibility index (Phi) is 4.81. The summed E-state index contributed by atoms with van der Waals surface area (Å²) < 4.78 is 12.8. The highest BCUT2D eigenvalue weighted by Crippen LogP contribution is 2.32. The van der Waals surface area contributed by atoms with E-state index >= 15 is 0 Å². The van der Waals surface area contributed by atoms with Crippen LogP contribution in [0.2, 0.25) is 0 Å². The summed E-state index contributed by atoms with van der Waals surface area (Å²) in [6.45, 7) is 4.69. The fourth-order valence-electron chi connectivity index (χ4n) is 3.29. The van der Waals surface area contributed by atoms with Gasteiger partial charge >= 0.3 is 0 Å². The Balaban J connectivity index is 1.63. The summed E-state index contributed by atoms with van der Waals surface area (Å²) in [4.78, 5) is 19.7. The van der Waals surface area contributed by atoms with Gasteiger partial charge in [0, 0.05) is 19.5 Å². The number of morpholine rings is 1. The van der Waals surface area contributed by atoms with Crippen LogP contribution in [0.4, 0.5) is 5.82 Å². The minimum Gasteiger partial charge on any atom is -0.394 e. The van der Waals surface area contributed by atoms with Crippen LogP contribution in [-0.2, 0) is 9.47 Å². The summed E-state index contributed by atoms with van der Waals surface area (Å²) >= 11 is 0. The van der Waals surface area contributed by atoms with Crippen LogP contribution >= 0.6 is 0 Å². The maximum atomic E-state index is 9.96. The minimum absolute atomic E-state index is 0.229. The van der Waals surface area contributed by atoms with Gasteiger partial charge in [-0.15, -0.1) is 0 Å². The van der Waals surface area contributed by atoms with E-state index in [1.165, 1.54) is 6.33 Å². The van der Waals surface area contributed by atoms with Crippen LogP contribution in [0.3, 0.4) is 0 Å². The molecule has 140 valence electrons. The van der Waals surface area contributed by atoms with Crippen molar-refractivity contribution in [2.24, 2.45) is 4.99 Å². The molecule has 0 aromatic carbocycles. The number of imidazole rings is 1. The maximum absolute atomic E-state index is 9.96. The van der Waals surface area contributed by atoms with Gasteiger partial charge in [0.05, 0.1) is 32.3 Å². The van der Waals surface area contributed by atoms with E-state index in [2.05, 4.69) is 24.8 Å². The van der Waals surface area contributed by atoms with Crippen LogP contribution in [-0.4, -0.2) is 85.6 Å². The van der Waals surface area contributed by atoms with E-state index in [9.17, 15) is 10.2 Å². The molecule has 0 bridgehead atoms. The van der Waals surface area contributed by atoms with Crippen LogP contribution in [0, 0.1) is 0 Å². The van der Waals surface area contributed by atoms with Crippen molar-refractivity contribution in [3.8, 4) is 0 Å². The number of aliphatic hydroxyl groups excluding tert-OH is 2. The summed E-state index contributed by atoms with van der Waals surface area (Å²) in [6, 6.07) is 0. The molecule has 2 aliphatic rings. The number of nitrogens with zero attached hydrogens (tertiary/aromatic N) is 6. The quantitative estimate of drug-likeness (QED) is 0.572. The number of rotatable bonds is 3. The largest absolute Gasteiger partial charge is 0.394 e. The zero-order valence-electron chi connectivity index (χ0n) is 14.5. The third kappa shape index (κ3) is 3.16. The van der Waals surface area contributed by atoms with E-state index in [4.69, 9.17) is 9.47 Å². The molecule has 0 spiro atoms. The highest BCUT2D eigenvalue weighted by molar-refractivity contribution is 5.88. The minimum atomic E-state index is -0.717.